The third-order valence-corrected chi connectivity index (χ3v) is 3.15. The molecule has 130 valence electrons. The van der Waals surface area contributed by atoms with Crippen LogP contribution in [-0.2, 0) is 16.0 Å². The number of nitrogens with one attached hydrogen (secondary N) is 2. The Labute approximate surface area is 144 Å². The van der Waals surface area contributed by atoms with Crippen molar-refractivity contribution in [3.63, 3.8) is 0 Å². The summed E-state index contributed by atoms with van der Waals surface area (Å²) in [6.45, 7) is 6.04. The smallest absolute Gasteiger partial charge is 0.242 e. The van der Waals surface area contributed by atoms with Gasteiger partial charge in [-0.3, -0.25) is 9.59 Å². The van der Waals surface area contributed by atoms with Gasteiger partial charge in [0, 0.05) is 12.1 Å². The molecule has 23 heavy (non-hydrogen) atoms. The third kappa shape index (κ3) is 9.21. The lowest BCUT2D eigenvalue weighted by molar-refractivity contribution is -0.129. The van der Waals surface area contributed by atoms with Gasteiger partial charge in [-0.25, -0.2) is 0 Å². The van der Waals surface area contributed by atoms with Crippen molar-refractivity contribution < 1.29 is 9.59 Å². The second kappa shape index (κ2) is 10.2. The zero-order valence-electron chi connectivity index (χ0n) is 14.1. The molecule has 4 N–H and O–H groups in total. The highest BCUT2D eigenvalue weighted by molar-refractivity contribution is 5.88. The Kier molecular flexibility index (Phi) is 9.53. The molecule has 1 atom stereocenters. The second-order valence-corrected chi connectivity index (χ2v) is 6.28. The lowest BCUT2D eigenvalue weighted by Gasteiger charge is -2.22. The van der Waals surface area contributed by atoms with Crippen molar-refractivity contribution in [2.24, 2.45) is 5.73 Å². The molecule has 6 heteroatoms. The van der Waals surface area contributed by atoms with Crippen LogP contribution < -0.4 is 16.4 Å². The van der Waals surface area contributed by atoms with Gasteiger partial charge in [-0.2, -0.15) is 0 Å². The average Bonchev–Trinajstić information content (AvgIpc) is 2.44. The quantitative estimate of drug-likeness (QED) is 0.674. The Hall–Kier alpha value is -1.59. The predicted molar refractivity (Wildman–Crippen MR) is 95.5 cm³/mol. The number of carbonyl (C=O) groups excluding carboxylic acids is 2. The predicted octanol–water partition coefficient (Wildman–Crippen LogP) is 1.79. The van der Waals surface area contributed by atoms with Crippen molar-refractivity contribution in [3.05, 3.63) is 35.9 Å². The molecule has 0 bridgehead atoms. The molecule has 5 nitrogen and oxygen atoms in total. The number of hydrogen-bond acceptors (Lipinski definition) is 3. The third-order valence-electron chi connectivity index (χ3n) is 3.15. The van der Waals surface area contributed by atoms with Gasteiger partial charge in [0.25, 0.3) is 0 Å². The summed E-state index contributed by atoms with van der Waals surface area (Å²) in [6, 6.07) is 8.97. The van der Waals surface area contributed by atoms with E-state index >= 15 is 0 Å². The molecule has 0 aliphatic rings. The molecular formula is C17H28ClN3O2. The maximum absolute atomic E-state index is 12.2. The minimum atomic E-state index is -0.511. The molecule has 0 saturated carbocycles. The maximum Gasteiger partial charge on any atom is 0.242 e. The van der Waals surface area contributed by atoms with E-state index in [1.54, 1.807) is 0 Å². The Morgan fingerprint density at radius 3 is 2.35 bits per heavy atom. The van der Waals surface area contributed by atoms with E-state index in [4.69, 9.17) is 5.73 Å². The largest absolute Gasteiger partial charge is 0.352 e. The molecule has 0 spiro atoms. The monoisotopic (exact) mass is 341 g/mol. The summed E-state index contributed by atoms with van der Waals surface area (Å²) in [5.41, 5.74) is 6.32. The van der Waals surface area contributed by atoms with Crippen molar-refractivity contribution in [2.75, 3.05) is 6.54 Å². The maximum atomic E-state index is 12.2. The van der Waals surface area contributed by atoms with Crippen LogP contribution in [0.15, 0.2) is 30.3 Å². The highest BCUT2D eigenvalue weighted by Crippen LogP contribution is 2.03. The molecule has 0 radical (unpaired) electrons. The Bertz CT molecular complexity index is 486. The van der Waals surface area contributed by atoms with Gasteiger partial charge in [0.2, 0.25) is 11.8 Å². The highest BCUT2D eigenvalue weighted by atomic mass is 35.5. The van der Waals surface area contributed by atoms with Gasteiger partial charge in [-0.05, 0) is 25.8 Å². The van der Waals surface area contributed by atoms with E-state index in [1.165, 1.54) is 0 Å². The Morgan fingerprint density at radius 1 is 1.22 bits per heavy atom. The van der Waals surface area contributed by atoms with Gasteiger partial charge in [0.15, 0.2) is 0 Å². The summed E-state index contributed by atoms with van der Waals surface area (Å²) in [7, 11) is 0. The van der Waals surface area contributed by atoms with Crippen LogP contribution in [0.1, 0.15) is 39.2 Å². The van der Waals surface area contributed by atoms with E-state index in [0.717, 1.165) is 12.0 Å². The number of benzene rings is 1. The Morgan fingerprint density at radius 2 is 1.83 bits per heavy atom. The topological polar surface area (TPSA) is 84.2 Å². The van der Waals surface area contributed by atoms with E-state index in [9.17, 15) is 9.59 Å². The average molecular weight is 342 g/mol. The summed E-state index contributed by atoms with van der Waals surface area (Å²) in [5, 5.41) is 5.61. The molecule has 0 aromatic heterocycles. The van der Waals surface area contributed by atoms with Crippen molar-refractivity contribution in [2.45, 2.75) is 51.6 Å². The molecule has 2 amide bonds. The van der Waals surface area contributed by atoms with Gasteiger partial charge in [-0.15, -0.1) is 12.4 Å². The van der Waals surface area contributed by atoms with Gasteiger partial charge >= 0.3 is 0 Å². The summed E-state index contributed by atoms with van der Waals surface area (Å²) in [4.78, 5) is 24.3. The molecule has 1 aromatic carbocycles. The standard InChI is InChI=1S/C17H27N3O2.ClH/c1-4-8-14(16(22)19-12-17(2,3)18)20-15(21)11-13-9-6-5-7-10-13;/h5-7,9-10,14H,4,8,11-12,18H2,1-3H3,(H,19,22)(H,20,21);1H. The fourth-order valence-corrected chi connectivity index (χ4v) is 2.02. The SMILES string of the molecule is CCCC(NC(=O)Cc1ccccc1)C(=O)NCC(C)(C)N.Cl. The molecular weight excluding hydrogens is 314 g/mol. The van der Waals surface area contributed by atoms with Crippen LogP contribution in [0.25, 0.3) is 0 Å². The number of nitrogens with two attached hydrogens (primary N) is 1. The first-order chi connectivity index (χ1) is 10.3. The number of halogens is 1. The van der Waals surface area contributed by atoms with E-state index in [0.29, 0.717) is 13.0 Å². The number of hydrogen-bond donors (Lipinski definition) is 3. The first kappa shape index (κ1) is 21.4. The van der Waals surface area contributed by atoms with Gasteiger partial charge in [0.05, 0.1) is 6.42 Å². The minimum Gasteiger partial charge on any atom is -0.352 e. The minimum absolute atomic E-state index is 0. The molecule has 0 aliphatic heterocycles. The van der Waals surface area contributed by atoms with Gasteiger partial charge < -0.3 is 16.4 Å². The van der Waals surface area contributed by atoms with Crippen molar-refractivity contribution in [3.8, 4) is 0 Å². The first-order valence-corrected chi connectivity index (χ1v) is 7.71. The van der Waals surface area contributed by atoms with Crippen LogP contribution in [0, 0.1) is 0 Å². The number of rotatable bonds is 8. The van der Waals surface area contributed by atoms with Crippen LogP contribution in [-0.4, -0.2) is 29.9 Å². The number of amides is 2. The molecule has 0 aliphatic carbocycles. The number of carbonyl (C=O) groups is 2. The fraction of sp³-hybridized carbons (Fsp3) is 0.529. The molecule has 0 fully saturated rings. The Balaban J connectivity index is 0.00000484. The second-order valence-electron chi connectivity index (χ2n) is 6.28. The van der Waals surface area contributed by atoms with E-state index in [-0.39, 0.29) is 30.6 Å². The van der Waals surface area contributed by atoms with Crippen LogP contribution in [0.5, 0.6) is 0 Å². The van der Waals surface area contributed by atoms with Gasteiger partial charge in [-0.1, -0.05) is 43.7 Å². The summed E-state index contributed by atoms with van der Waals surface area (Å²) in [5.74, 6) is -0.325. The summed E-state index contributed by atoms with van der Waals surface area (Å²) in [6.07, 6.45) is 1.70. The van der Waals surface area contributed by atoms with Crippen molar-refractivity contribution >= 4 is 24.2 Å². The molecule has 1 rings (SSSR count). The normalized spacial score (nSPS) is 12.0. The highest BCUT2D eigenvalue weighted by Gasteiger charge is 2.21. The lowest BCUT2D eigenvalue weighted by atomic mass is 10.1. The fourth-order valence-electron chi connectivity index (χ4n) is 2.02. The van der Waals surface area contributed by atoms with E-state index in [2.05, 4.69) is 10.6 Å². The van der Waals surface area contributed by atoms with Crippen LogP contribution >= 0.6 is 12.4 Å². The van der Waals surface area contributed by atoms with Gasteiger partial charge in [0.1, 0.15) is 6.04 Å². The van der Waals surface area contributed by atoms with Crippen LogP contribution in [0.2, 0.25) is 0 Å². The van der Waals surface area contributed by atoms with Crippen LogP contribution in [0.3, 0.4) is 0 Å². The first-order valence-electron chi connectivity index (χ1n) is 7.71. The molecule has 0 saturated heterocycles. The van der Waals surface area contributed by atoms with E-state index < -0.39 is 11.6 Å². The van der Waals surface area contributed by atoms with Crippen molar-refractivity contribution in [1.29, 1.82) is 0 Å². The molecule has 1 unspecified atom stereocenters. The molecule has 1 aromatic rings. The summed E-state index contributed by atoms with van der Waals surface area (Å²) >= 11 is 0. The summed E-state index contributed by atoms with van der Waals surface area (Å²) < 4.78 is 0. The zero-order valence-corrected chi connectivity index (χ0v) is 14.9. The zero-order chi connectivity index (χ0) is 16.6. The van der Waals surface area contributed by atoms with E-state index in [1.807, 2.05) is 51.1 Å². The lowest BCUT2D eigenvalue weighted by Crippen LogP contribution is -2.52. The van der Waals surface area contributed by atoms with Crippen LogP contribution in [0.4, 0.5) is 0 Å². The van der Waals surface area contributed by atoms with Crippen molar-refractivity contribution in [1.82, 2.24) is 10.6 Å². The molecule has 0 heterocycles.